The molecule has 1 unspecified atom stereocenters. The predicted molar refractivity (Wildman–Crippen MR) is 104 cm³/mol. The number of hydrogen-bond donors (Lipinski definition) is 1. The van der Waals surface area contributed by atoms with Gasteiger partial charge in [0.25, 0.3) is 0 Å². The number of piperidine rings is 1. The molecule has 1 N–H and O–H groups in total. The Morgan fingerprint density at radius 2 is 2.07 bits per heavy atom. The van der Waals surface area contributed by atoms with Crippen LogP contribution in [-0.4, -0.2) is 35.9 Å². The second-order valence-electron chi connectivity index (χ2n) is 7.08. The first-order chi connectivity index (χ1) is 13.2. The summed E-state index contributed by atoms with van der Waals surface area (Å²) in [6.07, 6.45) is 9.25. The number of rotatable bonds is 5. The largest absolute Gasteiger partial charge is 0.340 e. The molecule has 3 aromatic rings. The molecule has 0 spiro atoms. The Kier molecular flexibility index (Phi) is 5.11. The van der Waals surface area contributed by atoms with Gasteiger partial charge in [-0.2, -0.15) is 0 Å². The highest BCUT2D eigenvalue weighted by Crippen LogP contribution is 2.32. The summed E-state index contributed by atoms with van der Waals surface area (Å²) in [5.74, 6) is 2.35. The van der Waals surface area contributed by atoms with Gasteiger partial charge in [0.2, 0.25) is 0 Å². The first-order valence-corrected chi connectivity index (χ1v) is 9.42. The number of aryl methyl sites for hydroxylation is 2. The van der Waals surface area contributed by atoms with E-state index < -0.39 is 0 Å². The molecule has 0 bridgehead atoms. The fraction of sp³-hybridized carbons (Fsp3) is 0.400. The zero-order chi connectivity index (χ0) is 18.6. The highest BCUT2D eigenvalue weighted by molar-refractivity contribution is 5.51. The molecule has 1 fully saturated rings. The van der Waals surface area contributed by atoms with E-state index in [1.165, 1.54) is 12.8 Å². The minimum absolute atomic E-state index is 0.284. The predicted octanol–water partition coefficient (Wildman–Crippen LogP) is 3.38. The SMILES string of the molecule is Cc1nc(Nc2ccccn2)cc(C2CCCCN2Cc2cn(C)cn2)n1. The summed E-state index contributed by atoms with van der Waals surface area (Å²) >= 11 is 0. The Hall–Kier alpha value is -2.80. The van der Waals surface area contributed by atoms with Crippen LogP contribution in [0, 0.1) is 6.92 Å². The molecule has 1 atom stereocenters. The van der Waals surface area contributed by atoms with E-state index in [0.717, 1.165) is 48.4 Å². The molecule has 1 aliphatic heterocycles. The van der Waals surface area contributed by atoms with Crippen LogP contribution < -0.4 is 5.32 Å². The smallest absolute Gasteiger partial charge is 0.135 e. The Morgan fingerprint density at radius 1 is 1.15 bits per heavy atom. The van der Waals surface area contributed by atoms with Gasteiger partial charge in [0, 0.05) is 32.1 Å². The van der Waals surface area contributed by atoms with Gasteiger partial charge in [0.15, 0.2) is 0 Å². The van der Waals surface area contributed by atoms with E-state index in [1.807, 2.05) is 43.1 Å². The summed E-state index contributed by atoms with van der Waals surface area (Å²) in [5.41, 5.74) is 2.17. The van der Waals surface area contributed by atoms with Crippen molar-refractivity contribution in [2.45, 2.75) is 38.8 Å². The Labute approximate surface area is 159 Å². The standard InChI is InChI=1S/C20H25N7/c1-15-23-17(11-20(24-15)25-19-8-3-5-9-21-19)18-7-4-6-10-27(18)13-16-12-26(2)14-22-16/h3,5,8-9,11-12,14,18H,4,6-7,10,13H2,1-2H3,(H,21,23,24,25). The van der Waals surface area contributed by atoms with Crippen LogP contribution in [-0.2, 0) is 13.6 Å². The van der Waals surface area contributed by atoms with E-state index in [2.05, 4.69) is 37.4 Å². The van der Waals surface area contributed by atoms with Gasteiger partial charge in [-0.3, -0.25) is 4.90 Å². The van der Waals surface area contributed by atoms with Crippen molar-refractivity contribution in [3.05, 3.63) is 60.2 Å². The molecule has 0 saturated carbocycles. The molecule has 7 nitrogen and oxygen atoms in total. The fourth-order valence-corrected chi connectivity index (χ4v) is 3.67. The van der Waals surface area contributed by atoms with Crippen LogP contribution >= 0.6 is 0 Å². The van der Waals surface area contributed by atoms with Crippen LogP contribution in [0.4, 0.5) is 11.6 Å². The molecule has 0 amide bonds. The molecule has 0 aliphatic carbocycles. The maximum atomic E-state index is 4.76. The summed E-state index contributed by atoms with van der Waals surface area (Å²) in [6.45, 7) is 3.85. The number of hydrogen-bond acceptors (Lipinski definition) is 6. The van der Waals surface area contributed by atoms with E-state index in [9.17, 15) is 0 Å². The highest BCUT2D eigenvalue weighted by Gasteiger charge is 2.26. The maximum Gasteiger partial charge on any atom is 0.135 e. The van der Waals surface area contributed by atoms with Crippen LogP contribution in [0.2, 0.25) is 0 Å². The lowest BCUT2D eigenvalue weighted by Crippen LogP contribution is -2.33. The third-order valence-corrected chi connectivity index (χ3v) is 4.86. The molecular weight excluding hydrogens is 338 g/mol. The Bertz CT molecular complexity index is 890. The average Bonchev–Trinajstić information content (AvgIpc) is 3.07. The van der Waals surface area contributed by atoms with Crippen LogP contribution in [0.1, 0.15) is 42.5 Å². The number of imidazole rings is 1. The van der Waals surface area contributed by atoms with Crippen LogP contribution in [0.5, 0.6) is 0 Å². The number of nitrogens with zero attached hydrogens (tertiary/aromatic N) is 6. The monoisotopic (exact) mass is 363 g/mol. The van der Waals surface area contributed by atoms with E-state index in [-0.39, 0.29) is 6.04 Å². The molecule has 27 heavy (non-hydrogen) atoms. The fourth-order valence-electron chi connectivity index (χ4n) is 3.67. The van der Waals surface area contributed by atoms with E-state index in [1.54, 1.807) is 6.20 Å². The number of aromatic nitrogens is 5. The maximum absolute atomic E-state index is 4.76. The molecule has 140 valence electrons. The minimum atomic E-state index is 0.284. The zero-order valence-electron chi connectivity index (χ0n) is 15.8. The summed E-state index contributed by atoms with van der Waals surface area (Å²) in [7, 11) is 2.01. The number of likely N-dealkylation sites (tertiary alicyclic amines) is 1. The van der Waals surface area contributed by atoms with Gasteiger partial charge >= 0.3 is 0 Å². The van der Waals surface area contributed by atoms with Gasteiger partial charge in [-0.15, -0.1) is 0 Å². The molecule has 0 aromatic carbocycles. The number of nitrogens with one attached hydrogen (secondary N) is 1. The van der Waals surface area contributed by atoms with Crippen molar-refractivity contribution in [1.29, 1.82) is 0 Å². The molecule has 1 saturated heterocycles. The molecule has 1 aliphatic rings. The summed E-state index contributed by atoms with van der Waals surface area (Å²) in [6, 6.07) is 8.14. The normalized spacial score (nSPS) is 17.8. The summed E-state index contributed by atoms with van der Waals surface area (Å²) < 4.78 is 2.00. The molecular formula is C20H25N7. The van der Waals surface area contributed by atoms with Crippen molar-refractivity contribution in [1.82, 2.24) is 29.4 Å². The highest BCUT2D eigenvalue weighted by atomic mass is 15.2. The third kappa shape index (κ3) is 4.31. The van der Waals surface area contributed by atoms with Crippen molar-refractivity contribution >= 4 is 11.6 Å². The first-order valence-electron chi connectivity index (χ1n) is 9.42. The topological polar surface area (TPSA) is 71.8 Å². The number of pyridine rings is 1. The van der Waals surface area contributed by atoms with Gasteiger partial charge in [-0.25, -0.2) is 19.9 Å². The molecule has 7 heteroatoms. The van der Waals surface area contributed by atoms with Crippen LogP contribution in [0.15, 0.2) is 43.0 Å². The van der Waals surface area contributed by atoms with Crippen molar-refractivity contribution in [3.8, 4) is 0 Å². The lowest BCUT2D eigenvalue weighted by Gasteiger charge is -2.35. The van der Waals surface area contributed by atoms with Crippen LogP contribution in [0.3, 0.4) is 0 Å². The zero-order valence-corrected chi connectivity index (χ0v) is 15.8. The van der Waals surface area contributed by atoms with E-state index in [4.69, 9.17) is 4.98 Å². The van der Waals surface area contributed by atoms with Gasteiger partial charge in [-0.1, -0.05) is 12.5 Å². The third-order valence-electron chi connectivity index (χ3n) is 4.86. The second kappa shape index (κ2) is 7.84. The lowest BCUT2D eigenvalue weighted by atomic mass is 9.98. The van der Waals surface area contributed by atoms with Crippen molar-refractivity contribution < 1.29 is 0 Å². The average molecular weight is 363 g/mol. The minimum Gasteiger partial charge on any atom is -0.340 e. The van der Waals surface area contributed by atoms with Crippen molar-refractivity contribution in [2.24, 2.45) is 7.05 Å². The quantitative estimate of drug-likeness (QED) is 0.749. The number of anilines is 2. The van der Waals surface area contributed by atoms with Gasteiger partial charge in [0.1, 0.15) is 17.5 Å². The summed E-state index contributed by atoms with van der Waals surface area (Å²) in [4.78, 5) is 20.6. The molecule has 4 heterocycles. The van der Waals surface area contributed by atoms with Gasteiger partial charge in [0.05, 0.1) is 23.8 Å². The van der Waals surface area contributed by atoms with Crippen LogP contribution in [0.25, 0.3) is 0 Å². The van der Waals surface area contributed by atoms with Crippen molar-refractivity contribution in [3.63, 3.8) is 0 Å². The molecule has 0 radical (unpaired) electrons. The molecule has 4 rings (SSSR count). The Morgan fingerprint density at radius 3 is 2.85 bits per heavy atom. The Balaban J connectivity index is 1.58. The first kappa shape index (κ1) is 17.6. The van der Waals surface area contributed by atoms with Gasteiger partial charge < -0.3 is 9.88 Å². The van der Waals surface area contributed by atoms with E-state index in [0.29, 0.717) is 0 Å². The van der Waals surface area contributed by atoms with E-state index >= 15 is 0 Å². The molecule has 3 aromatic heterocycles. The van der Waals surface area contributed by atoms with Crippen molar-refractivity contribution in [2.75, 3.05) is 11.9 Å². The summed E-state index contributed by atoms with van der Waals surface area (Å²) in [5, 5.41) is 3.30. The van der Waals surface area contributed by atoms with Gasteiger partial charge in [-0.05, 0) is 38.4 Å². The lowest BCUT2D eigenvalue weighted by molar-refractivity contribution is 0.135. The second-order valence-corrected chi connectivity index (χ2v) is 7.08.